The van der Waals surface area contributed by atoms with Crippen LogP contribution in [-0.4, -0.2) is 67.7 Å². The van der Waals surface area contributed by atoms with Crippen molar-refractivity contribution in [2.24, 2.45) is 5.92 Å². The van der Waals surface area contributed by atoms with Crippen LogP contribution in [0.1, 0.15) is 19.8 Å². The third-order valence-electron chi connectivity index (χ3n) is 2.79. The molecule has 0 saturated carbocycles. The van der Waals surface area contributed by atoms with Gasteiger partial charge in [-0.05, 0) is 33.5 Å². The lowest BCUT2D eigenvalue weighted by Gasteiger charge is -2.20. The van der Waals surface area contributed by atoms with E-state index in [-0.39, 0.29) is 12.6 Å². The van der Waals surface area contributed by atoms with E-state index >= 15 is 0 Å². The number of nitrogens with zero attached hydrogens (tertiary/aromatic N) is 2. The molecule has 1 unspecified atom stereocenters. The lowest BCUT2D eigenvalue weighted by Crippen LogP contribution is -2.41. The lowest BCUT2D eigenvalue weighted by molar-refractivity contribution is -0.141. The molecular weight excluding hydrogens is 234 g/mol. The quantitative estimate of drug-likeness (QED) is 0.672. The zero-order valence-corrected chi connectivity index (χ0v) is 11.8. The van der Waals surface area contributed by atoms with Crippen molar-refractivity contribution in [2.45, 2.75) is 19.8 Å². The van der Waals surface area contributed by atoms with Crippen LogP contribution in [0.25, 0.3) is 0 Å². The Balaban J connectivity index is 3.90. The zero-order valence-electron chi connectivity index (χ0n) is 11.8. The predicted molar refractivity (Wildman–Crippen MR) is 70.6 cm³/mol. The first-order valence-corrected chi connectivity index (χ1v) is 6.25. The van der Waals surface area contributed by atoms with Crippen LogP contribution in [0.15, 0.2) is 0 Å². The van der Waals surface area contributed by atoms with Crippen molar-refractivity contribution < 1.29 is 14.7 Å². The van der Waals surface area contributed by atoms with Gasteiger partial charge in [0.2, 0.25) is 0 Å². The molecule has 106 valence electrons. The highest BCUT2D eigenvalue weighted by atomic mass is 16.4. The molecule has 2 N–H and O–H groups in total. The van der Waals surface area contributed by atoms with Crippen molar-refractivity contribution in [3.8, 4) is 0 Å². The minimum Gasteiger partial charge on any atom is -0.481 e. The zero-order chi connectivity index (χ0) is 14.1. The summed E-state index contributed by atoms with van der Waals surface area (Å²) in [6.07, 6.45) is 1.41. The molecule has 0 aromatic heterocycles. The molecule has 1 atom stereocenters. The Morgan fingerprint density at radius 3 is 2.28 bits per heavy atom. The molecule has 0 saturated heterocycles. The first-order chi connectivity index (χ1) is 8.38. The van der Waals surface area contributed by atoms with E-state index in [2.05, 4.69) is 10.2 Å². The second-order valence-corrected chi connectivity index (χ2v) is 4.71. The Hall–Kier alpha value is -1.30. The second kappa shape index (κ2) is 8.74. The number of carboxylic acids is 1. The number of hydrogen-bond donors (Lipinski definition) is 2. The van der Waals surface area contributed by atoms with Crippen LogP contribution in [0.2, 0.25) is 0 Å². The summed E-state index contributed by atoms with van der Waals surface area (Å²) in [5.41, 5.74) is 0. The molecule has 6 nitrogen and oxygen atoms in total. The van der Waals surface area contributed by atoms with Gasteiger partial charge in [-0.25, -0.2) is 4.79 Å². The fourth-order valence-electron chi connectivity index (χ4n) is 1.48. The smallest absolute Gasteiger partial charge is 0.317 e. The molecule has 6 heteroatoms. The molecular formula is C12H25N3O3. The van der Waals surface area contributed by atoms with Crippen LogP contribution in [-0.2, 0) is 4.79 Å². The van der Waals surface area contributed by atoms with Gasteiger partial charge < -0.3 is 20.2 Å². The molecule has 0 heterocycles. The average molecular weight is 259 g/mol. The van der Waals surface area contributed by atoms with Gasteiger partial charge in [0.15, 0.2) is 0 Å². The number of nitrogens with one attached hydrogen (secondary N) is 1. The summed E-state index contributed by atoms with van der Waals surface area (Å²) >= 11 is 0. The molecule has 0 aliphatic heterocycles. The van der Waals surface area contributed by atoms with Gasteiger partial charge in [0, 0.05) is 20.1 Å². The summed E-state index contributed by atoms with van der Waals surface area (Å²) in [7, 11) is 5.68. The summed E-state index contributed by atoms with van der Waals surface area (Å²) in [6, 6.07) is -0.214. The van der Waals surface area contributed by atoms with Gasteiger partial charge >= 0.3 is 12.0 Å². The Kier molecular flexibility index (Phi) is 8.11. The van der Waals surface area contributed by atoms with E-state index in [0.717, 1.165) is 13.0 Å². The number of urea groups is 1. The third kappa shape index (κ3) is 7.11. The van der Waals surface area contributed by atoms with Crippen molar-refractivity contribution in [3.05, 3.63) is 0 Å². The van der Waals surface area contributed by atoms with Crippen LogP contribution in [0.5, 0.6) is 0 Å². The number of rotatable bonds is 8. The largest absolute Gasteiger partial charge is 0.481 e. The number of amides is 2. The molecule has 0 spiro atoms. The normalized spacial score (nSPS) is 12.3. The standard InChI is InChI=1S/C12H25N3O3/c1-5-10(11(16)17)9-13-12(18)15(4)8-6-7-14(2)3/h10H,5-9H2,1-4H3,(H,13,18)(H,16,17). The maximum Gasteiger partial charge on any atom is 0.317 e. The topological polar surface area (TPSA) is 72.9 Å². The summed E-state index contributed by atoms with van der Waals surface area (Å²) in [4.78, 5) is 26.1. The second-order valence-electron chi connectivity index (χ2n) is 4.71. The molecule has 0 aromatic carbocycles. The highest BCUT2D eigenvalue weighted by Gasteiger charge is 2.17. The molecule has 18 heavy (non-hydrogen) atoms. The highest BCUT2D eigenvalue weighted by molar-refractivity contribution is 5.75. The van der Waals surface area contributed by atoms with Gasteiger partial charge in [0.05, 0.1) is 5.92 Å². The Labute approximate surface area is 109 Å². The molecule has 2 amide bonds. The summed E-state index contributed by atoms with van der Waals surface area (Å²) < 4.78 is 0. The van der Waals surface area contributed by atoms with Gasteiger partial charge in [-0.15, -0.1) is 0 Å². The van der Waals surface area contributed by atoms with Crippen molar-refractivity contribution in [2.75, 3.05) is 40.8 Å². The van der Waals surface area contributed by atoms with E-state index in [9.17, 15) is 9.59 Å². The molecule has 0 fully saturated rings. The fourth-order valence-corrected chi connectivity index (χ4v) is 1.48. The Morgan fingerprint density at radius 1 is 1.22 bits per heavy atom. The first kappa shape index (κ1) is 16.7. The average Bonchev–Trinajstić information content (AvgIpc) is 2.28. The lowest BCUT2D eigenvalue weighted by atomic mass is 10.1. The van der Waals surface area contributed by atoms with E-state index in [1.807, 2.05) is 14.1 Å². The van der Waals surface area contributed by atoms with Crippen LogP contribution in [0.4, 0.5) is 4.79 Å². The molecule has 0 aliphatic rings. The van der Waals surface area contributed by atoms with Gasteiger partial charge in [0.25, 0.3) is 0 Å². The summed E-state index contributed by atoms with van der Waals surface area (Å²) in [6.45, 7) is 3.56. The SMILES string of the molecule is CCC(CNC(=O)N(C)CCCN(C)C)C(=O)O. The Morgan fingerprint density at radius 2 is 1.83 bits per heavy atom. The van der Waals surface area contributed by atoms with Crippen LogP contribution in [0.3, 0.4) is 0 Å². The number of carboxylic acid groups (broad SMARTS) is 1. The molecule has 0 aromatic rings. The van der Waals surface area contributed by atoms with Crippen LogP contribution in [0, 0.1) is 5.92 Å². The first-order valence-electron chi connectivity index (χ1n) is 6.25. The Bertz CT molecular complexity index is 269. The third-order valence-corrected chi connectivity index (χ3v) is 2.79. The number of aliphatic carboxylic acids is 1. The molecule has 0 radical (unpaired) electrons. The maximum absolute atomic E-state index is 11.7. The summed E-state index contributed by atoms with van der Waals surface area (Å²) in [5, 5.41) is 11.5. The molecule has 0 aliphatic carbocycles. The van der Waals surface area contributed by atoms with Crippen molar-refractivity contribution >= 4 is 12.0 Å². The number of carbonyl (C=O) groups excluding carboxylic acids is 1. The fraction of sp³-hybridized carbons (Fsp3) is 0.833. The van der Waals surface area contributed by atoms with E-state index < -0.39 is 11.9 Å². The minimum absolute atomic E-state index is 0.183. The van der Waals surface area contributed by atoms with Crippen LogP contribution >= 0.6 is 0 Å². The van der Waals surface area contributed by atoms with Crippen molar-refractivity contribution in [1.82, 2.24) is 15.1 Å². The van der Waals surface area contributed by atoms with E-state index in [4.69, 9.17) is 5.11 Å². The maximum atomic E-state index is 11.7. The monoisotopic (exact) mass is 259 g/mol. The molecule has 0 rings (SSSR count). The van der Waals surface area contributed by atoms with Crippen molar-refractivity contribution in [1.29, 1.82) is 0 Å². The van der Waals surface area contributed by atoms with E-state index in [0.29, 0.717) is 13.0 Å². The number of hydrogen-bond acceptors (Lipinski definition) is 3. The van der Waals surface area contributed by atoms with Gasteiger partial charge in [0.1, 0.15) is 0 Å². The van der Waals surface area contributed by atoms with E-state index in [1.54, 1.807) is 18.9 Å². The summed E-state index contributed by atoms with van der Waals surface area (Å²) in [5.74, 6) is -1.38. The predicted octanol–water partition coefficient (Wildman–Crippen LogP) is 0.690. The number of carbonyl (C=O) groups is 2. The van der Waals surface area contributed by atoms with Gasteiger partial charge in [-0.2, -0.15) is 0 Å². The van der Waals surface area contributed by atoms with Crippen molar-refractivity contribution in [3.63, 3.8) is 0 Å². The van der Waals surface area contributed by atoms with Crippen LogP contribution < -0.4 is 5.32 Å². The highest BCUT2D eigenvalue weighted by Crippen LogP contribution is 2.01. The van der Waals surface area contributed by atoms with E-state index in [1.165, 1.54) is 0 Å². The van der Waals surface area contributed by atoms with Gasteiger partial charge in [-0.1, -0.05) is 6.92 Å². The minimum atomic E-state index is -0.868. The van der Waals surface area contributed by atoms with Gasteiger partial charge in [-0.3, -0.25) is 4.79 Å². The molecule has 0 bridgehead atoms.